The third-order valence-corrected chi connectivity index (χ3v) is 3.26. The Bertz CT molecular complexity index is 598. The number of rotatable bonds is 3. The summed E-state index contributed by atoms with van der Waals surface area (Å²) in [4.78, 5) is 23.2. The minimum absolute atomic E-state index is 0.0342. The lowest BCUT2D eigenvalue weighted by molar-refractivity contribution is -0.114. The molecule has 0 bridgehead atoms. The Morgan fingerprint density at radius 1 is 1.28 bits per heavy atom. The van der Waals surface area contributed by atoms with Crippen molar-refractivity contribution in [2.45, 2.75) is 6.92 Å². The molecule has 0 spiro atoms. The van der Waals surface area contributed by atoms with Gasteiger partial charge in [-0.3, -0.25) is 4.79 Å². The van der Waals surface area contributed by atoms with Crippen LogP contribution in [0.15, 0.2) is 15.8 Å². The smallest absolute Gasteiger partial charge is 0.223 e. The van der Waals surface area contributed by atoms with Gasteiger partial charge in [0, 0.05) is 17.7 Å². The first-order chi connectivity index (χ1) is 8.54. The van der Waals surface area contributed by atoms with Crippen LogP contribution in [0.2, 0.25) is 0 Å². The Labute approximate surface area is 111 Å². The van der Waals surface area contributed by atoms with Crippen LogP contribution in [0, 0.1) is 0 Å². The first-order valence-corrected chi connectivity index (χ1v) is 6.59. The molecular weight excluding hydrogens is 272 g/mol. The second kappa shape index (κ2) is 5.10. The molecule has 0 fully saturated rings. The number of aliphatic imine (C=N–C) groups is 1. The second-order valence-corrected chi connectivity index (χ2v) is 4.97. The van der Waals surface area contributed by atoms with Crippen molar-refractivity contribution < 1.29 is 4.79 Å². The number of nitrogens with one attached hydrogen (secondary N) is 1. The molecule has 0 aliphatic heterocycles. The van der Waals surface area contributed by atoms with E-state index in [0.717, 1.165) is 0 Å². The Morgan fingerprint density at radius 3 is 2.61 bits per heavy atom. The van der Waals surface area contributed by atoms with Crippen LogP contribution in [0.3, 0.4) is 0 Å². The number of nitrogens with two attached hydrogens (primary N) is 2. The van der Waals surface area contributed by atoms with E-state index < -0.39 is 0 Å². The third-order valence-electron chi connectivity index (χ3n) is 1.77. The largest absolute Gasteiger partial charge is 0.370 e. The summed E-state index contributed by atoms with van der Waals surface area (Å²) in [6.45, 7) is 1.43. The number of amides is 1. The summed E-state index contributed by atoms with van der Waals surface area (Å²) in [5.74, 6) is -0.191. The quantitative estimate of drug-likeness (QED) is 0.576. The van der Waals surface area contributed by atoms with Gasteiger partial charge < -0.3 is 16.8 Å². The van der Waals surface area contributed by atoms with Crippen molar-refractivity contribution in [3.63, 3.8) is 0 Å². The molecule has 0 aliphatic rings. The topological polar surface area (TPSA) is 119 Å². The Kier molecular flexibility index (Phi) is 3.53. The molecule has 1 amide bonds. The van der Waals surface area contributed by atoms with Gasteiger partial charge in [0.25, 0.3) is 0 Å². The number of carbonyl (C=O) groups excluding carboxylic acids is 1. The van der Waals surface area contributed by atoms with E-state index in [1.165, 1.54) is 29.6 Å². The molecule has 2 aromatic rings. The molecular formula is C9H10N6OS2. The monoisotopic (exact) mass is 282 g/mol. The van der Waals surface area contributed by atoms with Gasteiger partial charge in [0.05, 0.1) is 0 Å². The number of nitrogens with zero attached hydrogens (tertiary/aromatic N) is 3. The lowest BCUT2D eigenvalue weighted by atomic mass is 10.4. The summed E-state index contributed by atoms with van der Waals surface area (Å²) in [7, 11) is 0. The summed E-state index contributed by atoms with van der Waals surface area (Å²) >= 11 is 2.65. The third kappa shape index (κ3) is 3.02. The summed E-state index contributed by atoms with van der Waals surface area (Å²) in [5, 5.41) is 7.22. The van der Waals surface area contributed by atoms with Gasteiger partial charge in [-0.2, -0.15) is 4.99 Å². The molecule has 5 N–H and O–H groups in total. The molecule has 18 heavy (non-hydrogen) atoms. The maximum atomic E-state index is 10.9. The van der Waals surface area contributed by atoms with E-state index in [1.54, 1.807) is 10.8 Å². The van der Waals surface area contributed by atoms with Crippen molar-refractivity contribution in [3.8, 4) is 11.4 Å². The molecule has 0 unspecified atom stereocenters. The lowest BCUT2D eigenvalue weighted by Crippen LogP contribution is -2.21. The SMILES string of the molecule is CC(=O)Nc1nc(-c2csc(N=C(N)N)n2)cs1. The normalized spacial score (nSPS) is 10.1. The number of aromatic nitrogens is 2. The number of carbonyl (C=O) groups is 1. The predicted molar refractivity (Wildman–Crippen MR) is 73.0 cm³/mol. The number of hydrogen-bond acceptors (Lipinski definition) is 6. The molecule has 94 valence electrons. The standard InChI is InChI=1S/C9H10N6OS2/c1-4(16)12-8-13-5(2-17-8)6-3-18-9(14-6)15-7(10)11/h2-3H,1H3,(H,12,13,16)(H4,10,11,14,15). The second-order valence-electron chi connectivity index (χ2n) is 3.27. The minimum atomic E-state index is -0.157. The highest BCUT2D eigenvalue weighted by Crippen LogP contribution is 2.29. The van der Waals surface area contributed by atoms with Gasteiger partial charge in [0.1, 0.15) is 11.4 Å². The van der Waals surface area contributed by atoms with Crippen molar-refractivity contribution in [1.82, 2.24) is 9.97 Å². The van der Waals surface area contributed by atoms with Crippen LogP contribution in [0.25, 0.3) is 11.4 Å². The highest BCUT2D eigenvalue weighted by Gasteiger charge is 2.09. The van der Waals surface area contributed by atoms with Gasteiger partial charge in [-0.15, -0.1) is 22.7 Å². The van der Waals surface area contributed by atoms with Crippen molar-refractivity contribution in [2.75, 3.05) is 5.32 Å². The van der Waals surface area contributed by atoms with E-state index in [1.807, 2.05) is 0 Å². The molecule has 2 aromatic heterocycles. The van der Waals surface area contributed by atoms with Gasteiger partial charge in [0.15, 0.2) is 11.1 Å². The van der Waals surface area contributed by atoms with Crippen LogP contribution in [0.4, 0.5) is 10.3 Å². The molecule has 0 saturated carbocycles. The Hall–Kier alpha value is -2.00. The Morgan fingerprint density at radius 2 is 1.94 bits per heavy atom. The lowest BCUT2D eigenvalue weighted by Gasteiger charge is -1.92. The van der Waals surface area contributed by atoms with Gasteiger partial charge >= 0.3 is 0 Å². The van der Waals surface area contributed by atoms with Crippen LogP contribution >= 0.6 is 22.7 Å². The van der Waals surface area contributed by atoms with E-state index in [9.17, 15) is 4.79 Å². The van der Waals surface area contributed by atoms with Crippen LogP contribution in [-0.2, 0) is 4.79 Å². The first kappa shape index (κ1) is 12.5. The zero-order chi connectivity index (χ0) is 13.1. The first-order valence-electron chi connectivity index (χ1n) is 4.83. The number of anilines is 1. The maximum Gasteiger partial charge on any atom is 0.223 e. The van der Waals surface area contributed by atoms with Gasteiger partial charge in [0.2, 0.25) is 11.0 Å². The average molecular weight is 282 g/mol. The molecule has 9 heteroatoms. The van der Waals surface area contributed by atoms with E-state index in [-0.39, 0.29) is 11.9 Å². The van der Waals surface area contributed by atoms with Crippen LogP contribution < -0.4 is 16.8 Å². The number of thiazole rings is 2. The maximum absolute atomic E-state index is 10.9. The van der Waals surface area contributed by atoms with Gasteiger partial charge in [-0.05, 0) is 0 Å². The molecule has 0 saturated heterocycles. The molecule has 7 nitrogen and oxygen atoms in total. The Balaban J connectivity index is 2.21. The summed E-state index contributed by atoms with van der Waals surface area (Å²) in [6.07, 6.45) is 0. The van der Waals surface area contributed by atoms with Crippen LogP contribution in [0.5, 0.6) is 0 Å². The van der Waals surface area contributed by atoms with Gasteiger partial charge in [-0.1, -0.05) is 0 Å². The summed E-state index contributed by atoms with van der Waals surface area (Å²) in [6, 6.07) is 0. The average Bonchev–Trinajstić information content (AvgIpc) is 2.85. The fraction of sp³-hybridized carbons (Fsp3) is 0.111. The molecule has 2 heterocycles. The van der Waals surface area contributed by atoms with Crippen molar-refractivity contribution in [2.24, 2.45) is 16.5 Å². The predicted octanol–water partition coefficient (Wildman–Crippen LogP) is 1.13. The van der Waals surface area contributed by atoms with E-state index >= 15 is 0 Å². The summed E-state index contributed by atoms with van der Waals surface area (Å²) in [5.41, 5.74) is 11.9. The molecule has 0 radical (unpaired) electrons. The van der Waals surface area contributed by atoms with Crippen molar-refractivity contribution >= 4 is 44.8 Å². The van der Waals surface area contributed by atoms with Gasteiger partial charge in [-0.25, -0.2) is 9.97 Å². The molecule has 0 aromatic carbocycles. The molecule has 0 aliphatic carbocycles. The zero-order valence-electron chi connectivity index (χ0n) is 9.38. The van der Waals surface area contributed by atoms with Crippen molar-refractivity contribution in [3.05, 3.63) is 10.8 Å². The summed E-state index contributed by atoms with van der Waals surface area (Å²) < 4.78 is 0. The highest BCUT2D eigenvalue weighted by molar-refractivity contribution is 7.14. The van der Waals surface area contributed by atoms with Crippen LogP contribution in [-0.4, -0.2) is 21.8 Å². The highest BCUT2D eigenvalue weighted by atomic mass is 32.1. The molecule has 2 rings (SSSR count). The van der Waals surface area contributed by atoms with Crippen molar-refractivity contribution in [1.29, 1.82) is 0 Å². The zero-order valence-corrected chi connectivity index (χ0v) is 11.0. The minimum Gasteiger partial charge on any atom is -0.370 e. The van der Waals surface area contributed by atoms with E-state index in [0.29, 0.717) is 21.7 Å². The fourth-order valence-corrected chi connectivity index (χ4v) is 2.59. The van der Waals surface area contributed by atoms with E-state index in [4.69, 9.17) is 11.5 Å². The number of hydrogen-bond donors (Lipinski definition) is 3. The van der Waals surface area contributed by atoms with E-state index in [2.05, 4.69) is 20.3 Å². The van der Waals surface area contributed by atoms with Crippen LogP contribution in [0.1, 0.15) is 6.92 Å². The number of guanidine groups is 1. The fourth-order valence-electron chi connectivity index (χ4n) is 1.14. The molecule has 0 atom stereocenters.